The third kappa shape index (κ3) is 3.86. The van der Waals surface area contributed by atoms with E-state index in [0.717, 1.165) is 19.4 Å². The Morgan fingerprint density at radius 3 is 3.00 bits per heavy atom. The highest BCUT2D eigenvalue weighted by Gasteiger charge is 2.26. The second kappa shape index (κ2) is 6.78. The van der Waals surface area contributed by atoms with Crippen LogP contribution < -0.4 is 15.8 Å². The van der Waals surface area contributed by atoms with Gasteiger partial charge in [-0.1, -0.05) is 0 Å². The lowest BCUT2D eigenvalue weighted by Crippen LogP contribution is -2.48. The van der Waals surface area contributed by atoms with E-state index in [1.165, 1.54) is 7.11 Å². The molecule has 2 atom stereocenters. The predicted molar refractivity (Wildman–Crippen MR) is 82.3 cm³/mol. The van der Waals surface area contributed by atoms with Crippen LogP contribution in [0.25, 0.3) is 0 Å². The summed E-state index contributed by atoms with van der Waals surface area (Å²) in [6.07, 6.45) is 1.36. The number of likely N-dealkylation sites (tertiary alicyclic amines) is 1. The predicted octanol–water partition coefficient (Wildman–Crippen LogP) is 1.06. The van der Waals surface area contributed by atoms with Gasteiger partial charge in [0.05, 0.1) is 24.9 Å². The average molecular weight is 293 g/mol. The number of β-amino-alcohol motifs (C(OH)–C–C–N with tert-alkyl or cyclic N) is 1. The summed E-state index contributed by atoms with van der Waals surface area (Å²) in [5.74, 6) is 0.418. The number of aliphatic hydroxyl groups excluding tert-OH is 1. The van der Waals surface area contributed by atoms with E-state index in [9.17, 15) is 9.90 Å². The monoisotopic (exact) mass is 293 g/mol. The highest BCUT2D eigenvalue weighted by Crippen LogP contribution is 2.27. The number of piperidine rings is 1. The molecule has 0 saturated carbocycles. The molecule has 0 aromatic heterocycles. The van der Waals surface area contributed by atoms with E-state index in [2.05, 4.69) is 5.32 Å². The normalized spacial score (nSPS) is 20.8. The first kappa shape index (κ1) is 15.6. The van der Waals surface area contributed by atoms with Gasteiger partial charge in [-0.25, -0.2) is 0 Å². The second-order valence-corrected chi connectivity index (χ2v) is 5.42. The van der Waals surface area contributed by atoms with Crippen molar-refractivity contribution in [3.8, 4) is 5.75 Å². The number of hydrogen-bond donors (Lipinski definition) is 3. The Hall–Kier alpha value is -1.79. The number of nitrogens with zero attached hydrogens (tertiary/aromatic N) is 1. The number of carbonyl (C=O) groups excluding carboxylic acids is 1. The molecule has 1 fully saturated rings. The van der Waals surface area contributed by atoms with Crippen LogP contribution in [0.15, 0.2) is 18.2 Å². The van der Waals surface area contributed by atoms with Crippen LogP contribution in [-0.2, 0) is 4.79 Å². The molecule has 2 unspecified atom stereocenters. The summed E-state index contributed by atoms with van der Waals surface area (Å²) in [7, 11) is 1.54. The molecule has 0 radical (unpaired) electrons. The number of hydrogen-bond acceptors (Lipinski definition) is 5. The number of methoxy groups -OCH3 is 1. The largest absolute Gasteiger partial charge is 0.494 e. The molecule has 0 bridgehead atoms. The molecule has 1 saturated heterocycles. The lowest BCUT2D eigenvalue weighted by Gasteiger charge is -2.34. The molecule has 2 rings (SSSR count). The molecule has 0 aliphatic carbocycles. The number of anilines is 2. The van der Waals surface area contributed by atoms with Crippen LogP contribution >= 0.6 is 0 Å². The van der Waals surface area contributed by atoms with Crippen molar-refractivity contribution in [2.24, 2.45) is 0 Å². The number of amides is 1. The quantitative estimate of drug-likeness (QED) is 0.723. The first-order chi connectivity index (χ1) is 10.0. The Morgan fingerprint density at radius 1 is 1.57 bits per heavy atom. The lowest BCUT2D eigenvalue weighted by atomic mass is 10.1. The molecule has 1 heterocycles. The highest BCUT2D eigenvalue weighted by molar-refractivity contribution is 5.96. The number of ether oxygens (including phenoxy) is 1. The first-order valence-electron chi connectivity index (χ1n) is 7.17. The van der Waals surface area contributed by atoms with E-state index in [1.807, 2.05) is 11.8 Å². The Kier molecular flexibility index (Phi) is 5.03. The molecular formula is C15H23N3O3. The van der Waals surface area contributed by atoms with Crippen LogP contribution in [0.5, 0.6) is 5.75 Å². The molecule has 1 aromatic carbocycles. The van der Waals surface area contributed by atoms with Gasteiger partial charge in [0.1, 0.15) is 5.75 Å². The lowest BCUT2D eigenvalue weighted by molar-refractivity contribution is -0.121. The van der Waals surface area contributed by atoms with Gasteiger partial charge in [0.15, 0.2) is 0 Å². The minimum absolute atomic E-state index is 0.118. The van der Waals surface area contributed by atoms with Gasteiger partial charge in [-0.3, -0.25) is 9.69 Å². The van der Waals surface area contributed by atoms with Gasteiger partial charge in [-0.2, -0.15) is 0 Å². The van der Waals surface area contributed by atoms with Crippen molar-refractivity contribution in [1.82, 2.24) is 4.90 Å². The minimum Gasteiger partial charge on any atom is -0.494 e. The van der Waals surface area contributed by atoms with Crippen LogP contribution in [0.1, 0.15) is 19.8 Å². The summed E-state index contributed by atoms with van der Waals surface area (Å²) in [5.41, 5.74) is 6.88. The van der Waals surface area contributed by atoms with Crippen molar-refractivity contribution < 1.29 is 14.6 Å². The Bertz CT molecular complexity index is 507. The molecule has 1 amide bonds. The standard InChI is InChI=1S/C15H23N3O3/c1-10(18-7-3-4-12(19)9-18)15(20)17-13-6-5-11(16)8-14(13)21-2/h5-6,8,10,12,19H,3-4,7,9,16H2,1-2H3,(H,17,20). The zero-order valence-electron chi connectivity index (χ0n) is 12.5. The molecule has 21 heavy (non-hydrogen) atoms. The molecular weight excluding hydrogens is 270 g/mol. The molecule has 4 N–H and O–H groups in total. The molecule has 0 spiro atoms. The van der Waals surface area contributed by atoms with Gasteiger partial charge in [-0.15, -0.1) is 0 Å². The van der Waals surface area contributed by atoms with Crippen LogP contribution in [0.3, 0.4) is 0 Å². The maximum Gasteiger partial charge on any atom is 0.241 e. The van der Waals surface area contributed by atoms with Gasteiger partial charge in [0.2, 0.25) is 5.91 Å². The summed E-state index contributed by atoms with van der Waals surface area (Å²) in [5, 5.41) is 12.6. The highest BCUT2D eigenvalue weighted by atomic mass is 16.5. The van der Waals surface area contributed by atoms with Gasteiger partial charge in [0, 0.05) is 18.3 Å². The molecule has 1 aliphatic rings. The second-order valence-electron chi connectivity index (χ2n) is 5.42. The molecule has 1 aromatic rings. The van der Waals surface area contributed by atoms with Crippen molar-refractivity contribution in [1.29, 1.82) is 0 Å². The molecule has 116 valence electrons. The maximum absolute atomic E-state index is 12.4. The van der Waals surface area contributed by atoms with E-state index < -0.39 is 0 Å². The van der Waals surface area contributed by atoms with Crippen molar-refractivity contribution >= 4 is 17.3 Å². The molecule has 6 heteroatoms. The van der Waals surface area contributed by atoms with Gasteiger partial charge in [0.25, 0.3) is 0 Å². The Morgan fingerprint density at radius 2 is 2.33 bits per heavy atom. The summed E-state index contributed by atoms with van der Waals surface area (Å²) in [4.78, 5) is 14.3. The van der Waals surface area contributed by atoms with Gasteiger partial charge in [-0.05, 0) is 38.4 Å². The maximum atomic E-state index is 12.4. The third-order valence-electron chi connectivity index (χ3n) is 3.84. The van der Waals surface area contributed by atoms with Crippen LogP contribution in [0.2, 0.25) is 0 Å². The Balaban J connectivity index is 2.03. The van der Waals surface area contributed by atoms with E-state index in [4.69, 9.17) is 10.5 Å². The number of nitrogens with two attached hydrogens (primary N) is 1. The molecule has 1 aliphatic heterocycles. The topological polar surface area (TPSA) is 87.8 Å². The summed E-state index contributed by atoms with van der Waals surface area (Å²) >= 11 is 0. The number of aliphatic hydroxyl groups is 1. The third-order valence-corrected chi connectivity index (χ3v) is 3.84. The fourth-order valence-corrected chi connectivity index (χ4v) is 2.55. The van der Waals surface area contributed by atoms with Crippen molar-refractivity contribution in [2.45, 2.75) is 31.9 Å². The van der Waals surface area contributed by atoms with E-state index in [1.54, 1.807) is 18.2 Å². The van der Waals surface area contributed by atoms with Crippen molar-refractivity contribution in [3.05, 3.63) is 18.2 Å². The minimum atomic E-state index is -0.347. The fraction of sp³-hybridized carbons (Fsp3) is 0.533. The summed E-state index contributed by atoms with van der Waals surface area (Å²) in [6, 6.07) is 4.81. The van der Waals surface area contributed by atoms with E-state index in [0.29, 0.717) is 23.7 Å². The van der Waals surface area contributed by atoms with Gasteiger partial charge >= 0.3 is 0 Å². The van der Waals surface area contributed by atoms with Crippen molar-refractivity contribution in [2.75, 3.05) is 31.2 Å². The first-order valence-corrected chi connectivity index (χ1v) is 7.17. The Labute approximate surface area is 124 Å². The van der Waals surface area contributed by atoms with Crippen LogP contribution in [0, 0.1) is 0 Å². The number of benzene rings is 1. The SMILES string of the molecule is COc1cc(N)ccc1NC(=O)C(C)N1CCCC(O)C1. The zero-order chi connectivity index (χ0) is 15.4. The van der Waals surface area contributed by atoms with E-state index in [-0.39, 0.29) is 18.1 Å². The number of nitrogens with one attached hydrogen (secondary N) is 1. The van der Waals surface area contributed by atoms with E-state index >= 15 is 0 Å². The summed E-state index contributed by atoms with van der Waals surface area (Å²) in [6.45, 7) is 3.20. The average Bonchev–Trinajstić information content (AvgIpc) is 2.48. The van der Waals surface area contributed by atoms with Crippen molar-refractivity contribution in [3.63, 3.8) is 0 Å². The number of carbonyl (C=O) groups is 1. The fourth-order valence-electron chi connectivity index (χ4n) is 2.55. The number of rotatable bonds is 4. The van der Waals surface area contributed by atoms with Crippen LogP contribution in [0.4, 0.5) is 11.4 Å². The smallest absolute Gasteiger partial charge is 0.241 e. The number of nitrogen functional groups attached to an aromatic ring is 1. The molecule has 6 nitrogen and oxygen atoms in total. The van der Waals surface area contributed by atoms with Gasteiger partial charge < -0.3 is 20.9 Å². The summed E-state index contributed by atoms with van der Waals surface area (Å²) < 4.78 is 5.22. The van der Waals surface area contributed by atoms with Crippen LogP contribution in [-0.4, -0.2) is 48.3 Å². The zero-order valence-corrected chi connectivity index (χ0v) is 12.5.